The van der Waals surface area contributed by atoms with E-state index in [0.717, 1.165) is 4.47 Å². The van der Waals surface area contributed by atoms with Gasteiger partial charge in [0.15, 0.2) is 11.5 Å². The molecule has 21 heavy (non-hydrogen) atoms. The van der Waals surface area contributed by atoms with Gasteiger partial charge in [-0.3, -0.25) is 9.69 Å². The van der Waals surface area contributed by atoms with Gasteiger partial charge in [0.05, 0.1) is 12.0 Å². The summed E-state index contributed by atoms with van der Waals surface area (Å²) in [5, 5.41) is 10.1. The molecule has 1 aromatic rings. The molecular weight excluding hydrogens is 374 g/mol. The second-order valence-electron chi connectivity index (χ2n) is 4.69. The number of phenols is 1. The van der Waals surface area contributed by atoms with Crippen molar-refractivity contribution in [3.05, 3.63) is 27.1 Å². The summed E-state index contributed by atoms with van der Waals surface area (Å²) in [6, 6.07) is 3.39. The molecule has 0 aliphatic carbocycles. The molecule has 0 bridgehead atoms. The van der Waals surface area contributed by atoms with Crippen molar-refractivity contribution in [2.45, 2.75) is 19.9 Å². The first kappa shape index (κ1) is 16.3. The van der Waals surface area contributed by atoms with Gasteiger partial charge in [-0.25, -0.2) is 0 Å². The maximum Gasteiger partial charge on any atom is 0.266 e. The number of rotatable bonds is 3. The number of methoxy groups -OCH3 is 1. The predicted molar refractivity (Wildman–Crippen MR) is 92.5 cm³/mol. The standard InChI is InChI=1S/C14H14BrNO3S2/c1-7(2)16-13(18)11(21-14(16)20)5-8-4-9(15)6-10(19-3)12(8)17/h4-7,17H,1-3H3. The summed E-state index contributed by atoms with van der Waals surface area (Å²) in [6.45, 7) is 3.82. The molecule has 112 valence electrons. The molecule has 0 saturated carbocycles. The normalized spacial score (nSPS) is 17.2. The average molecular weight is 388 g/mol. The summed E-state index contributed by atoms with van der Waals surface area (Å²) in [5.41, 5.74) is 0.505. The van der Waals surface area contributed by atoms with E-state index < -0.39 is 0 Å². The predicted octanol–water partition coefficient (Wildman–Crippen LogP) is 3.77. The molecule has 1 fully saturated rings. The first-order valence-corrected chi connectivity index (χ1v) is 8.20. The highest BCUT2D eigenvalue weighted by molar-refractivity contribution is 9.10. The van der Waals surface area contributed by atoms with E-state index in [1.165, 1.54) is 18.9 Å². The smallest absolute Gasteiger partial charge is 0.266 e. The Balaban J connectivity index is 2.44. The Kier molecular flexibility index (Phi) is 4.95. The maximum atomic E-state index is 12.3. The van der Waals surface area contributed by atoms with Gasteiger partial charge >= 0.3 is 0 Å². The van der Waals surface area contributed by atoms with E-state index in [9.17, 15) is 9.90 Å². The highest BCUT2D eigenvalue weighted by Crippen LogP contribution is 2.39. The third-order valence-electron chi connectivity index (χ3n) is 2.92. The fourth-order valence-corrected chi connectivity index (χ4v) is 3.90. The van der Waals surface area contributed by atoms with E-state index in [-0.39, 0.29) is 17.7 Å². The first-order valence-electron chi connectivity index (χ1n) is 6.18. The number of benzene rings is 1. The number of phenolic OH excluding ortho intramolecular Hbond substituents is 1. The SMILES string of the molecule is COc1cc(Br)cc(C=C2SC(=S)N(C(C)C)C2=O)c1O. The molecule has 0 unspecified atom stereocenters. The van der Waals surface area contributed by atoms with Crippen molar-refractivity contribution in [2.75, 3.05) is 7.11 Å². The molecule has 1 amide bonds. The number of carbonyl (C=O) groups excluding carboxylic acids is 1. The highest BCUT2D eigenvalue weighted by Gasteiger charge is 2.33. The number of thiocarbonyl (C=S) groups is 1. The summed E-state index contributed by atoms with van der Waals surface area (Å²) < 4.78 is 6.38. The molecule has 0 aromatic heterocycles. The van der Waals surface area contributed by atoms with Crippen molar-refractivity contribution in [1.29, 1.82) is 0 Å². The van der Waals surface area contributed by atoms with E-state index in [1.807, 2.05) is 13.8 Å². The number of nitrogens with zero attached hydrogens (tertiary/aromatic N) is 1. The number of aromatic hydroxyl groups is 1. The van der Waals surface area contributed by atoms with Crippen LogP contribution in [0.15, 0.2) is 21.5 Å². The van der Waals surface area contributed by atoms with Crippen LogP contribution in [0.3, 0.4) is 0 Å². The minimum atomic E-state index is -0.140. The Hall–Kier alpha value is -1.05. The molecule has 7 heteroatoms. The summed E-state index contributed by atoms with van der Waals surface area (Å²) >= 11 is 9.81. The van der Waals surface area contributed by atoms with Crippen LogP contribution >= 0.6 is 39.9 Å². The monoisotopic (exact) mass is 387 g/mol. The van der Waals surface area contributed by atoms with E-state index >= 15 is 0 Å². The third-order valence-corrected chi connectivity index (χ3v) is 4.70. The van der Waals surface area contributed by atoms with Gasteiger partial charge < -0.3 is 9.84 Å². The number of ether oxygens (including phenoxy) is 1. The number of hydrogen-bond acceptors (Lipinski definition) is 5. The minimum absolute atomic E-state index is 0.00415. The Morgan fingerprint density at radius 1 is 1.48 bits per heavy atom. The van der Waals surface area contributed by atoms with Crippen molar-refractivity contribution in [1.82, 2.24) is 4.90 Å². The lowest BCUT2D eigenvalue weighted by Gasteiger charge is -2.18. The van der Waals surface area contributed by atoms with Gasteiger partial charge in [0.1, 0.15) is 4.32 Å². The van der Waals surface area contributed by atoms with E-state index in [2.05, 4.69) is 15.9 Å². The third kappa shape index (κ3) is 3.25. The fourth-order valence-electron chi connectivity index (χ4n) is 1.93. The van der Waals surface area contributed by atoms with Crippen LogP contribution in [0.5, 0.6) is 11.5 Å². The minimum Gasteiger partial charge on any atom is -0.504 e. The van der Waals surface area contributed by atoms with Crippen LogP contribution in [-0.2, 0) is 4.79 Å². The second kappa shape index (κ2) is 6.37. The molecule has 0 radical (unpaired) electrons. The van der Waals surface area contributed by atoms with Crippen LogP contribution in [-0.4, -0.2) is 33.4 Å². The molecule has 1 aromatic carbocycles. The van der Waals surface area contributed by atoms with Crippen molar-refractivity contribution in [2.24, 2.45) is 0 Å². The first-order chi connectivity index (χ1) is 9.85. The molecule has 1 N–H and O–H groups in total. The Morgan fingerprint density at radius 2 is 2.14 bits per heavy atom. The van der Waals surface area contributed by atoms with Crippen LogP contribution in [0.2, 0.25) is 0 Å². The number of thioether (sulfide) groups is 1. The van der Waals surface area contributed by atoms with Gasteiger partial charge in [0.25, 0.3) is 5.91 Å². The molecule has 2 rings (SSSR count). The van der Waals surface area contributed by atoms with Crippen LogP contribution < -0.4 is 4.74 Å². The van der Waals surface area contributed by atoms with E-state index in [4.69, 9.17) is 17.0 Å². The number of carbonyl (C=O) groups is 1. The van der Waals surface area contributed by atoms with E-state index in [1.54, 1.807) is 23.1 Å². The van der Waals surface area contributed by atoms with Crippen molar-refractivity contribution in [3.63, 3.8) is 0 Å². The van der Waals surface area contributed by atoms with Gasteiger partial charge in [0.2, 0.25) is 0 Å². The van der Waals surface area contributed by atoms with Gasteiger partial charge in [-0.1, -0.05) is 39.9 Å². The number of hydrogen-bond donors (Lipinski definition) is 1. The fraction of sp³-hybridized carbons (Fsp3) is 0.286. The molecule has 4 nitrogen and oxygen atoms in total. The Labute approximate surface area is 141 Å². The number of halogens is 1. The van der Waals surface area contributed by atoms with Crippen LogP contribution in [0.25, 0.3) is 6.08 Å². The summed E-state index contributed by atoms with van der Waals surface area (Å²) in [7, 11) is 1.48. The lowest BCUT2D eigenvalue weighted by Crippen LogP contribution is -2.34. The molecular formula is C14H14BrNO3S2. The van der Waals surface area contributed by atoms with Crippen LogP contribution in [0.1, 0.15) is 19.4 Å². The molecule has 1 aliphatic rings. The maximum absolute atomic E-state index is 12.3. The average Bonchev–Trinajstić information content (AvgIpc) is 2.68. The molecule has 0 atom stereocenters. The Bertz CT molecular complexity index is 643. The summed E-state index contributed by atoms with van der Waals surface area (Å²) in [6.07, 6.45) is 1.63. The topological polar surface area (TPSA) is 49.8 Å². The lowest BCUT2D eigenvalue weighted by atomic mass is 10.1. The molecule has 1 aliphatic heterocycles. The largest absolute Gasteiger partial charge is 0.504 e. The zero-order valence-electron chi connectivity index (χ0n) is 11.7. The van der Waals surface area contributed by atoms with Crippen LogP contribution in [0.4, 0.5) is 0 Å². The second-order valence-corrected chi connectivity index (χ2v) is 7.28. The molecule has 1 saturated heterocycles. The summed E-state index contributed by atoms with van der Waals surface area (Å²) in [4.78, 5) is 14.4. The van der Waals surface area contributed by atoms with Gasteiger partial charge in [-0.2, -0.15) is 0 Å². The lowest BCUT2D eigenvalue weighted by molar-refractivity contribution is -0.123. The molecule has 1 heterocycles. The molecule has 0 spiro atoms. The Morgan fingerprint density at radius 3 is 2.67 bits per heavy atom. The number of amides is 1. The summed E-state index contributed by atoms with van der Waals surface area (Å²) in [5.74, 6) is 0.198. The van der Waals surface area contributed by atoms with Crippen molar-refractivity contribution >= 4 is 56.2 Å². The zero-order valence-corrected chi connectivity index (χ0v) is 14.9. The van der Waals surface area contributed by atoms with Crippen LogP contribution in [0, 0.1) is 0 Å². The van der Waals surface area contributed by atoms with Gasteiger partial charge in [-0.05, 0) is 32.1 Å². The highest BCUT2D eigenvalue weighted by atomic mass is 79.9. The van der Waals surface area contributed by atoms with E-state index in [0.29, 0.717) is 20.5 Å². The van der Waals surface area contributed by atoms with Gasteiger partial charge in [0, 0.05) is 16.1 Å². The van der Waals surface area contributed by atoms with Crippen molar-refractivity contribution in [3.8, 4) is 11.5 Å². The van der Waals surface area contributed by atoms with Crippen molar-refractivity contribution < 1.29 is 14.6 Å². The zero-order chi connectivity index (χ0) is 15.7. The van der Waals surface area contributed by atoms with Gasteiger partial charge in [-0.15, -0.1) is 0 Å². The quantitative estimate of drug-likeness (QED) is 0.631.